The van der Waals surface area contributed by atoms with Crippen molar-refractivity contribution in [2.24, 2.45) is 0 Å². The van der Waals surface area contributed by atoms with Crippen molar-refractivity contribution in [2.75, 3.05) is 13.1 Å². The van der Waals surface area contributed by atoms with Crippen molar-refractivity contribution < 1.29 is 0 Å². The first-order valence-electron chi connectivity index (χ1n) is 7.96. The Morgan fingerprint density at radius 3 is 2.95 bits per heavy atom. The van der Waals surface area contributed by atoms with E-state index in [2.05, 4.69) is 28.4 Å². The molecule has 2 aliphatic heterocycles. The van der Waals surface area contributed by atoms with Crippen LogP contribution in [0.2, 0.25) is 0 Å². The second kappa shape index (κ2) is 4.92. The molecule has 2 bridgehead atoms. The van der Waals surface area contributed by atoms with Crippen LogP contribution < -0.4 is 5.32 Å². The molecule has 2 unspecified atom stereocenters. The van der Waals surface area contributed by atoms with Gasteiger partial charge in [-0.1, -0.05) is 18.2 Å². The van der Waals surface area contributed by atoms with Gasteiger partial charge in [0.25, 0.3) is 0 Å². The topological polar surface area (TPSA) is 15.3 Å². The molecule has 0 spiro atoms. The molecule has 1 aromatic rings. The van der Waals surface area contributed by atoms with Gasteiger partial charge < -0.3 is 5.32 Å². The lowest BCUT2D eigenvalue weighted by molar-refractivity contribution is 0.251. The molecule has 1 aromatic carbocycles. The van der Waals surface area contributed by atoms with Gasteiger partial charge in [-0.2, -0.15) is 0 Å². The minimum atomic E-state index is 0.752. The molecule has 2 heterocycles. The molecule has 19 heavy (non-hydrogen) atoms. The second-order valence-electron chi connectivity index (χ2n) is 6.62. The maximum Gasteiger partial charge on any atom is 0.0234 e. The molecule has 2 atom stereocenters. The van der Waals surface area contributed by atoms with Crippen LogP contribution in [0.1, 0.15) is 42.4 Å². The molecular formula is C17H24N2. The van der Waals surface area contributed by atoms with E-state index in [1.54, 1.807) is 11.1 Å². The Balaban J connectivity index is 1.46. The molecule has 1 N–H and O–H groups in total. The lowest BCUT2D eigenvalue weighted by Gasteiger charge is -2.24. The Morgan fingerprint density at radius 1 is 1.05 bits per heavy atom. The van der Waals surface area contributed by atoms with Crippen molar-refractivity contribution >= 4 is 0 Å². The van der Waals surface area contributed by atoms with Crippen LogP contribution in [-0.2, 0) is 19.4 Å². The molecule has 4 rings (SSSR count). The first kappa shape index (κ1) is 11.9. The Kier molecular flexibility index (Phi) is 3.08. The van der Waals surface area contributed by atoms with Gasteiger partial charge in [0.05, 0.1) is 0 Å². The summed E-state index contributed by atoms with van der Waals surface area (Å²) >= 11 is 0. The summed E-state index contributed by atoms with van der Waals surface area (Å²) in [5, 5.41) is 3.77. The number of hydrogen-bond donors (Lipinski definition) is 1. The number of fused-ring (bicyclic) bond motifs is 3. The predicted octanol–water partition coefficient (Wildman–Crippen LogP) is 2.50. The van der Waals surface area contributed by atoms with E-state index in [1.807, 2.05) is 0 Å². The van der Waals surface area contributed by atoms with E-state index < -0.39 is 0 Å². The second-order valence-corrected chi connectivity index (χ2v) is 6.62. The first-order valence-corrected chi connectivity index (χ1v) is 7.96. The molecule has 1 aliphatic carbocycles. The Labute approximate surface area is 116 Å². The summed E-state index contributed by atoms with van der Waals surface area (Å²) in [5.74, 6) is 0. The Hall–Kier alpha value is -0.860. The maximum absolute atomic E-state index is 3.77. The van der Waals surface area contributed by atoms with Crippen molar-refractivity contribution in [1.82, 2.24) is 10.2 Å². The zero-order chi connectivity index (χ0) is 12.7. The third-order valence-electron chi connectivity index (χ3n) is 5.18. The van der Waals surface area contributed by atoms with E-state index in [1.165, 1.54) is 57.2 Å². The first-order chi connectivity index (χ1) is 9.37. The standard InChI is InChI=1S/C17H24N2/c1-2-14-5-4-13(10-15(14)3-1)11-19-9-8-16-6-7-17(12-19)18-16/h4-5,10,16-18H,1-3,6-9,11-12H2. The van der Waals surface area contributed by atoms with Gasteiger partial charge in [0.1, 0.15) is 0 Å². The summed E-state index contributed by atoms with van der Waals surface area (Å²) < 4.78 is 0. The fraction of sp³-hybridized carbons (Fsp3) is 0.647. The number of likely N-dealkylation sites (tertiary alicyclic amines) is 1. The number of nitrogens with zero attached hydrogens (tertiary/aromatic N) is 1. The average molecular weight is 256 g/mol. The normalized spacial score (nSPS) is 30.3. The molecule has 2 fully saturated rings. The van der Waals surface area contributed by atoms with Gasteiger partial charge in [-0.05, 0) is 55.2 Å². The molecule has 0 aromatic heterocycles. The highest BCUT2D eigenvalue weighted by molar-refractivity contribution is 5.35. The van der Waals surface area contributed by atoms with E-state index in [9.17, 15) is 0 Å². The van der Waals surface area contributed by atoms with Crippen molar-refractivity contribution in [2.45, 2.75) is 57.2 Å². The predicted molar refractivity (Wildman–Crippen MR) is 78.3 cm³/mol. The molecule has 0 radical (unpaired) electrons. The third kappa shape index (κ3) is 2.44. The summed E-state index contributed by atoms with van der Waals surface area (Å²) in [6.07, 6.45) is 8.07. The molecule has 3 aliphatic rings. The molecule has 2 nitrogen and oxygen atoms in total. The highest BCUT2D eigenvalue weighted by Crippen LogP contribution is 2.25. The fourth-order valence-corrected chi connectivity index (χ4v) is 4.14. The van der Waals surface area contributed by atoms with Gasteiger partial charge in [-0.3, -0.25) is 4.90 Å². The van der Waals surface area contributed by atoms with Gasteiger partial charge in [0.15, 0.2) is 0 Å². The third-order valence-corrected chi connectivity index (χ3v) is 5.18. The SMILES string of the molecule is c1cc2c(cc1CN1CCC3CCC(C1)N3)CCC2. The highest BCUT2D eigenvalue weighted by atomic mass is 15.2. The minimum absolute atomic E-state index is 0.752. The number of aryl methyl sites for hydroxylation is 2. The lowest BCUT2D eigenvalue weighted by atomic mass is 10.0. The van der Waals surface area contributed by atoms with E-state index >= 15 is 0 Å². The van der Waals surface area contributed by atoms with E-state index in [-0.39, 0.29) is 0 Å². The number of hydrogen-bond acceptors (Lipinski definition) is 2. The van der Waals surface area contributed by atoms with Crippen molar-refractivity contribution in [3.63, 3.8) is 0 Å². The van der Waals surface area contributed by atoms with Gasteiger partial charge in [0, 0.05) is 31.7 Å². The number of rotatable bonds is 2. The van der Waals surface area contributed by atoms with Crippen LogP contribution in [0.15, 0.2) is 18.2 Å². The number of benzene rings is 1. The molecular weight excluding hydrogens is 232 g/mol. The van der Waals surface area contributed by atoms with Crippen LogP contribution in [0.25, 0.3) is 0 Å². The van der Waals surface area contributed by atoms with Crippen LogP contribution >= 0.6 is 0 Å². The van der Waals surface area contributed by atoms with Crippen LogP contribution in [0, 0.1) is 0 Å². The van der Waals surface area contributed by atoms with Gasteiger partial charge >= 0.3 is 0 Å². The summed E-state index contributed by atoms with van der Waals surface area (Å²) in [7, 11) is 0. The lowest BCUT2D eigenvalue weighted by Crippen LogP contribution is -2.34. The van der Waals surface area contributed by atoms with Crippen molar-refractivity contribution in [1.29, 1.82) is 0 Å². The zero-order valence-electron chi connectivity index (χ0n) is 11.7. The summed E-state index contributed by atoms with van der Waals surface area (Å²) in [4.78, 5) is 2.66. The fourth-order valence-electron chi connectivity index (χ4n) is 4.14. The van der Waals surface area contributed by atoms with Gasteiger partial charge in [-0.25, -0.2) is 0 Å². The van der Waals surface area contributed by atoms with E-state index in [4.69, 9.17) is 0 Å². The van der Waals surface area contributed by atoms with Gasteiger partial charge in [0.2, 0.25) is 0 Å². The van der Waals surface area contributed by atoms with Crippen LogP contribution in [0.5, 0.6) is 0 Å². The average Bonchev–Trinajstić information content (AvgIpc) is 2.98. The van der Waals surface area contributed by atoms with E-state index in [0.717, 1.165) is 18.6 Å². The largest absolute Gasteiger partial charge is 0.310 e. The molecule has 102 valence electrons. The van der Waals surface area contributed by atoms with Crippen LogP contribution in [0.3, 0.4) is 0 Å². The summed E-state index contributed by atoms with van der Waals surface area (Å²) in [5.41, 5.74) is 4.74. The summed E-state index contributed by atoms with van der Waals surface area (Å²) in [6, 6.07) is 8.76. The highest BCUT2D eigenvalue weighted by Gasteiger charge is 2.29. The maximum atomic E-state index is 3.77. The van der Waals surface area contributed by atoms with Gasteiger partial charge in [-0.15, -0.1) is 0 Å². The van der Waals surface area contributed by atoms with E-state index in [0.29, 0.717) is 0 Å². The molecule has 2 heteroatoms. The van der Waals surface area contributed by atoms with Crippen molar-refractivity contribution in [3.05, 3.63) is 34.9 Å². The number of nitrogens with one attached hydrogen (secondary N) is 1. The Bertz CT molecular complexity index is 468. The minimum Gasteiger partial charge on any atom is -0.310 e. The van der Waals surface area contributed by atoms with Crippen molar-refractivity contribution in [3.8, 4) is 0 Å². The van der Waals surface area contributed by atoms with Crippen LogP contribution in [0.4, 0.5) is 0 Å². The summed E-state index contributed by atoms with van der Waals surface area (Å²) in [6.45, 7) is 3.66. The van der Waals surface area contributed by atoms with Crippen LogP contribution in [-0.4, -0.2) is 30.1 Å². The monoisotopic (exact) mass is 256 g/mol. The quantitative estimate of drug-likeness (QED) is 0.874. The smallest absolute Gasteiger partial charge is 0.0234 e. The molecule has 2 saturated heterocycles. The molecule has 0 saturated carbocycles. The zero-order valence-corrected chi connectivity index (χ0v) is 11.7. The Morgan fingerprint density at radius 2 is 1.95 bits per heavy atom. The molecule has 0 amide bonds.